The maximum Gasteiger partial charge on any atom is 0.189 e. The fourth-order valence-electron chi connectivity index (χ4n) is 1.92. The van der Waals surface area contributed by atoms with Crippen molar-refractivity contribution in [3.63, 3.8) is 0 Å². The molecule has 2 unspecified atom stereocenters. The third-order valence-corrected chi connectivity index (χ3v) is 3.36. The summed E-state index contributed by atoms with van der Waals surface area (Å²) < 4.78 is 5.19. The van der Waals surface area contributed by atoms with Crippen LogP contribution in [0, 0.1) is 5.92 Å². The lowest BCUT2D eigenvalue weighted by molar-refractivity contribution is -0.114. The van der Waals surface area contributed by atoms with Crippen molar-refractivity contribution in [3.05, 3.63) is 29.8 Å². The van der Waals surface area contributed by atoms with Gasteiger partial charge in [0, 0.05) is 5.92 Å². The van der Waals surface area contributed by atoms with Gasteiger partial charge in [-0.25, -0.2) is 0 Å². The number of benzene rings is 1. The van der Waals surface area contributed by atoms with Crippen LogP contribution in [0.4, 0.5) is 0 Å². The first-order valence-corrected chi connectivity index (χ1v) is 5.91. The third kappa shape index (κ3) is 3.01. The smallest absolute Gasteiger partial charge is 0.189 e. The molecular weight excluding hydrogens is 220 g/mol. The number of ether oxygens (including phenoxy) is 1. The van der Waals surface area contributed by atoms with E-state index in [0.717, 1.165) is 17.7 Å². The summed E-state index contributed by atoms with van der Waals surface area (Å²) in [5.74, 6) is 0.968. The van der Waals surface area contributed by atoms with Crippen LogP contribution in [0.25, 0.3) is 0 Å². The number of thiol groups is 1. The van der Waals surface area contributed by atoms with Gasteiger partial charge in [0.15, 0.2) is 5.12 Å². The van der Waals surface area contributed by atoms with E-state index in [-0.39, 0.29) is 17.0 Å². The highest BCUT2D eigenvalue weighted by atomic mass is 32.1. The first-order valence-electron chi connectivity index (χ1n) is 5.46. The average Bonchev–Trinajstić information content (AvgIpc) is 2.30. The van der Waals surface area contributed by atoms with E-state index in [1.165, 1.54) is 0 Å². The minimum absolute atomic E-state index is 0.0605. The van der Waals surface area contributed by atoms with E-state index in [9.17, 15) is 4.79 Å². The second-order valence-electron chi connectivity index (χ2n) is 3.92. The predicted molar refractivity (Wildman–Crippen MR) is 69.2 cm³/mol. The highest BCUT2D eigenvalue weighted by molar-refractivity contribution is 7.96. The molecule has 88 valence electrons. The van der Waals surface area contributed by atoms with Crippen LogP contribution in [0.5, 0.6) is 5.75 Å². The van der Waals surface area contributed by atoms with Gasteiger partial charge in [-0.15, -0.1) is 12.6 Å². The van der Waals surface area contributed by atoms with Gasteiger partial charge in [-0.3, -0.25) is 4.79 Å². The van der Waals surface area contributed by atoms with Crippen molar-refractivity contribution in [2.45, 2.75) is 26.2 Å². The van der Waals surface area contributed by atoms with Crippen molar-refractivity contribution < 1.29 is 9.53 Å². The first kappa shape index (κ1) is 13.1. The SMILES string of the molecule is CCC(c1cccc(OC)c1)C(C)C(=O)S. The summed E-state index contributed by atoms with van der Waals surface area (Å²) in [6.45, 7) is 4.00. The van der Waals surface area contributed by atoms with Crippen LogP contribution in [0.15, 0.2) is 24.3 Å². The minimum atomic E-state index is -0.0690. The number of rotatable bonds is 5. The molecule has 0 radical (unpaired) electrons. The minimum Gasteiger partial charge on any atom is -0.497 e. The zero-order valence-corrected chi connectivity index (χ0v) is 10.8. The molecule has 1 aromatic rings. The monoisotopic (exact) mass is 238 g/mol. The summed E-state index contributed by atoms with van der Waals surface area (Å²) in [6.07, 6.45) is 0.917. The molecular formula is C13H18O2S. The van der Waals surface area contributed by atoms with Crippen molar-refractivity contribution in [2.75, 3.05) is 7.11 Å². The summed E-state index contributed by atoms with van der Waals surface area (Å²) in [6, 6.07) is 7.88. The lowest BCUT2D eigenvalue weighted by Gasteiger charge is -2.20. The highest BCUT2D eigenvalue weighted by Gasteiger charge is 2.22. The molecule has 0 bridgehead atoms. The third-order valence-electron chi connectivity index (χ3n) is 2.95. The molecule has 1 rings (SSSR count). The molecule has 0 spiro atoms. The van der Waals surface area contributed by atoms with E-state index in [1.807, 2.05) is 31.2 Å². The average molecular weight is 238 g/mol. The second kappa shape index (κ2) is 5.94. The molecule has 0 aliphatic rings. The normalized spacial score (nSPS) is 14.2. The number of carbonyl (C=O) groups is 1. The Morgan fingerprint density at radius 3 is 2.69 bits per heavy atom. The molecule has 0 heterocycles. The predicted octanol–water partition coefficient (Wildman–Crippen LogP) is 3.28. The Balaban J connectivity index is 2.98. The van der Waals surface area contributed by atoms with Crippen LogP contribution in [-0.4, -0.2) is 12.2 Å². The first-order chi connectivity index (χ1) is 7.60. The van der Waals surface area contributed by atoms with Crippen LogP contribution in [0.2, 0.25) is 0 Å². The van der Waals surface area contributed by atoms with E-state index in [0.29, 0.717) is 0 Å². The van der Waals surface area contributed by atoms with Crippen LogP contribution in [0.1, 0.15) is 31.7 Å². The molecule has 0 aliphatic heterocycles. The van der Waals surface area contributed by atoms with Crippen LogP contribution in [0.3, 0.4) is 0 Å². The highest BCUT2D eigenvalue weighted by Crippen LogP contribution is 2.31. The van der Waals surface area contributed by atoms with Crippen LogP contribution >= 0.6 is 12.6 Å². The van der Waals surface area contributed by atoms with Crippen molar-refractivity contribution in [2.24, 2.45) is 5.92 Å². The van der Waals surface area contributed by atoms with E-state index in [2.05, 4.69) is 19.6 Å². The van der Waals surface area contributed by atoms with Crippen molar-refractivity contribution in [1.82, 2.24) is 0 Å². The second-order valence-corrected chi connectivity index (χ2v) is 4.36. The fourth-order valence-corrected chi connectivity index (χ4v) is 2.10. The molecule has 2 atom stereocenters. The zero-order chi connectivity index (χ0) is 12.1. The molecule has 0 amide bonds. The van der Waals surface area contributed by atoms with Gasteiger partial charge < -0.3 is 4.74 Å². The van der Waals surface area contributed by atoms with Gasteiger partial charge in [0.1, 0.15) is 5.75 Å². The van der Waals surface area contributed by atoms with Gasteiger partial charge in [0.2, 0.25) is 0 Å². The Morgan fingerprint density at radius 1 is 1.50 bits per heavy atom. The van der Waals surface area contributed by atoms with E-state index in [1.54, 1.807) is 7.11 Å². The van der Waals surface area contributed by atoms with Gasteiger partial charge >= 0.3 is 0 Å². The Kier molecular flexibility index (Phi) is 4.87. The van der Waals surface area contributed by atoms with Gasteiger partial charge in [-0.05, 0) is 30.0 Å². The lowest BCUT2D eigenvalue weighted by Crippen LogP contribution is -2.15. The number of hydrogen-bond acceptors (Lipinski definition) is 2. The van der Waals surface area contributed by atoms with Gasteiger partial charge in [0.25, 0.3) is 0 Å². The molecule has 3 heteroatoms. The molecule has 0 aliphatic carbocycles. The molecule has 0 aromatic heterocycles. The molecule has 1 aromatic carbocycles. The summed E-state index contributed by atoms with van der Waals surface area (Å²) >= 11 is 3.92. The van der Waals surface area contributed by atoms with Crippen LogP contribution < -0.4 is 4.74 Å². The number of hydrogen-bond donors (Lipinski definition) is 1. The topological polar surface area (TPSA) is 26.3 Å². The quantitative estimate of drug-likeness (QED) is 0.797. The Hall–Kier alpha value is -0.960. The Labute approximate surface area is 102 Å². The Bertz CT molecular complexity index is 363. The maximum absolute atomic E-state index is 11.3. The van der Waals surface area contributed by atoms with Gasteiger partial charge in [-0.1, -0.05) is 26.0 Å². The van der Waals surface area contributed by atoms with Crippen molar-refractivity contribution in [3.8, 4) is 5.75 Å². The fraction of sp³-hybridized carbons (Fsp3) is 0.462. The van der Waals surface area contributed by atoms with E-state index in [4.69, 9.17) is 4.74 Å². The summed E-state index contributed by atoms with van der Waals surface area (Å²) in [4.78, 5) is 11.3. The largest absolute Gasteiger partial charge is 0.497 e. The molecule has 0 N–H and O–H groups in total. The Morgan fingerprint density at radius 2 is 2.19 bits per heavy atom. The van der Waals surface area contributed by atoms with Crippen molar-refractivity contribution in [1.29, 1.82) is 0 Å². The number of methoxy groups -OCH3 is 1. The molecule has 0 fully saturated rings. The van der Waals surface area contributed by atoms with E-state index >= 15 is 0 Å². The summed E-state index contributed by atoms with van der Waals surface area (Å²) in [7, 11) is 1.65. The standard InChI is InChI=1S/C13H18O2S/c1-4-12(9(2)13(14)16)10-6-5-7-11(8-10)15-3/h5-9,12H,4H2,1-3H3,(H,14,16). The molecule has 0 saturated carbocycles. The lowest BCUT2D eigenvalue weighted by atomic mass is 9.86. The zero-order valence-electron chi connectivity index (χ0n) is 9.93. The molecule has 2 nitrogen and oxygen atoms in total. The summed E-state index contributed by atoms with van der Waals surface area (Å²) in [5, 5.41) is -0.0605. The number of carbonyl (C=O) groups excluding carboxylic acids is 1. The molecule has 16 heavy (non-hydrogen) atoms. The summed E-state index contributed by atoms with van der Waals surface area (Å²) in [5.41, 5.74) is 1.14. The van der Waals surface area contributed by atoms with Crippen molar-refractivity contribution >= 4 is 17.7 Å². The van der Waals surface area contributed by atoms with E-state index < -0.39 is 0 Å². The van der Waals surface area contributed by atoms with Gasteiger partial charge in [-0.2, -0.15) is 0 Å². The van der Waals surface area contributed by atoms with Gasteiger partial charge in [0.05, 0.1) is 7.11 Å². The van der Waals surface area contributed by atoms with Crippen LogP contribution in [-0.2, 0) is 4.79 Å². The maximum atomic E-state index is 11.3. The molecule has 0 saturated heterocycles.